The molecule has 1 aromatic heterocycles. The van der Waals surface area contributed by atoms with E-state index in [-0.39, 0.29) is 11.8 Å². The number of amides is 2. The molecular formula is C17H18N4O2. The minimum atomic E-state index is -0.480. The summed E-state index contributed by atoms with van der Waals surface area (Å²) in [6, 6.07) is 5.03. The van der Waals surface area contributed by atoms with Gasteiger partial charge in [0.25, 0.3) is 0 Å². The Morgan fingerprint density at radius 2 is 2.22 bits per heavy atom. The van der Waals surface area contributed by atoms with Gasteiger partial charge in [0.2, 0.25) is 11.8 Å². The lowest BCUT2D eigenvalue weighted by Crippen LogP contribution is -2.41. The second kappa shape index (κ2) is 5.72. The van der Waals surface area contributed by atoms with E-state index in [1.54, 1.807) is 18.4 Å². The molecule has 1 fully saturated rings. The lowest BCUT2D eigenvalue weighted by Gasteiger charge is -2.24. The van der Waals surface area contributed by atoms with Gasteiger partial charge in [0.05, 0.1) is 5.52 Å². The van der Waals surface area contributed by atoms with Crippen molar-refractivity contribution in [3.8, 4) is 0 Å². The quantitative estimate of drug-likeness (QED) is 0.518. The molecule has 2 aromatic rings. The highest BCUT2D eigenvalue weighted by atomic mass is 16.2. The van der Waals surface area contributed by atoms with Crippen LogP contribution in [0.1, 0.15) is 31.4 Å². The summed E-state index contributed by atoms with van der Waals surface area (Å²) in [5.74, 6) is 0.104. The van der Waals surface area contributed by atoms with Gasteiger partial charge in [-0.05, 0) is 31.5 Å². The SMILES string of the molecule is C=Cc1c(/N=C\C)n(C2CCC(=O)NC2=O)c2ccc(N)cc12. The average molecular weight is 310 g/mol. The molecule has 1 unspecified atom stereocenters. The van der Waals surface area contributed by atoms with Crippen LogP contribution in [0.4, 0.5) is 11.5 Å². The zero-order valence-corrected chi connectivity index (χ0v) is 12.9. The van der Waals surface area contributed by atoms with Crippen LogP contribution in [0.5, 0.6) is 0 Å². The Morgan fingerprint density at radius 1 is 1.43 bits per heavy atom. The molecule has 1 aliphatic heterocycles. The normalized spacial score (nSPS) is 18.6. The number of carbonyl (C=O) groups is 2. The number of aromatic nitrogens is 1. The molecule has 1 saturated heterocycles. The first-order valence-electron chi connectivity index (χ1n) is 7.45. The van der Waals surface area contributed by atoms with Crippen molar-refractivity contribution in [2.75, 3.05) is 5.73 Å². The fraction of sp³-hybridized carbons (Fsp3) is 0.235. The molecule has 0 saturated carbocycles. The Labute approximate surface area is 133 Å². The summed E-state index contributed by atoms with van der Waals surface area (Å²) in [5.41, 5.74) is 8.21. The van der Waals surface area contributed by atoms with Gasteiger partial charge in [-0.2, -0.15) is 0 Å². The van der Waals surface area contributed by atoms with Crippen LogP contribution in [0.2, 0.25) is 0 Å². The van der Waals surface area contributed by atoms with Crippen LogP contribution in [-0.2, 0) is 9.59 Å². The van der Waals surface area contributed by atoms with Crippen LogP contribution in [0, 0.1) is 0 Å². The van der Waals surface area contributed by atoms with Crippen molar-refractivity contribution in [3.05, 3.63) is 30.3 Å². The van der Waals surface area contributed by atoms with Gasteiger partial charge in [0.15, 0.2) is 0 Å². The number of piperidine rings is 1. The highest BCUT2D eigenvalue weighted by Gasteiger charge is 2.31. The number of imide groups is 1. The molecule has 2 heterocycles. The number of hydrogen-bond acceptors (Lipinski definition) is 4. The first-order valence-corrected chi connectivity index (χ1v) is 7.45. The first kappa shape index (κ1) is 15.0. The largest absolute Gasteiger partial charge is 0.399 e. The Bertz CT molecular complexity index is 848. The Morgan fingerprint density at radius 3 is 2.87 bits per heavy atom. The van der Waals surface area contributed by atoms with Gasteiger partial charge in [-0.15, -0.1) is 0 Å². The number of nitrogens with one attached hydrogen (secondary N) is 1. The molecule has 6 nitrogen and oxygen atoms in total. The lowest BCUT2D eigenvalue weighted by atomic mass is 10.1. The molecular weight excluding hydrogens is 292 g/mol. The second-order valence-electron chi connectivity index (χ2n) is 5.44. The van der Waals surface area contributed by atoms with Gasteiger partial charge in [-0.1, -0.05) is 12.7 Å². The number of hydrogen-bond donors (Lipinski definition) is 2. The van der Waals surface area contributed by atoms with E-state index in [2.05, 4.69) is 16.9 Å². The third kappa shape index (κ3) is 2.42. The monoisotopic (exact) mass is 310 g/mol. The van der Waals surface area contributed by atoms with E-state index in [9.17, 15) is 9.59 Å². The number of anilines is 1. The molecule has 1 atom stereocenters. The van der Waals surface area contributed by atoms with E-state index in [0.717, 1.165) is 16.5 Å². The molecule has 6 heteroatoms. The minimum absolute atomic E-state index is 0.239. The molecule has 0 spiro atoms. The van der Waals surface area contributed by atoms with Crippen LogP contribution in [-0.4, -0.2) is 22.6 Å². The van der Waals surface area contributed by atoms with Gasteiger partial charge >= 0.3 is 0 Å². The molecule has 2 amide bonds. The molecule has 1 aliphatic rings. The topological polar surface area (TPSA) is 89.5 Å². The maximum atomic E-state index is 12.3. The van der Waals surface area contributed by atoms with Crippen LogP contribution >= 0.6 is 0 Å². The Hall–Kier alpha value is -2.89. The Kier molecular flexibility index (Phi) is 3.73. The van der Waals surface area contributed by atoms with Gasteiger partial charge in [0.1, 0.15) is 11.9 Å². The van der Waals surface area contributed by atoms with Crippen LogP contribution < -0.4 is 11.1 Å². The number of carbonyl (C=O) groups excluding carboxylic acids is 2. The number of nitrogens with zero attached hydrogens (tertiary/aromatic N) is 2. The predicted molar refractivity (Wildman–Crippen MR) is 91.7 cm³/mol. The number of nitrogen functional groups attached to an aromatic ring is 1. The summed E-state index contributed by atoms with van der Waals surface area (Å²) < 4.78 is 1.87. The predicted octanol–water partition coefficient (Wildman–Crippen LogP) is 2.57. The molecule has 0 radical (unpaired) electrons. The number of nitrogens with two attached hydrogens (primary N) is 1. The minimum Gasteiger partial charge on any atom is -0.399 e. The van der Waals surface area contributed by atoms with E-state index in [4.69, 9.17) is 5.73 Å². The zero-order valence-electron chi connectivity index (χ0n) is 12.9. The van der Waals surface area contributed by atoms with Crippen LogP contribution in [0.25, 0.3) is 17.0 Å². The van der Waals surface area contributed by atoms with Crippen molar-refractivity contribution >= 4 is 46.5 Å². The molecule has 23 heavy (non-hydrogen) atoms. The summed E-state index contributed by atoms with van der Waals surface area (Å²) in [4.78, 5) is 28.2. The highest BCUT2D eigenvalue weighted by Crippen LogP contribution is 2.38. The van der Waals surface area contributed by atoms with E-state index in [0.29, 0.717) is 24.3 Å². The molecule has 3 N–H and O–H groups in total. The van der Waals surface area contributed by atoms with E-state index in [1.165, 1.54) is 0 Å². The summed E-state index contributed by atoms with van der Waals surface area (Å²) >= 11 is 0. The second-order valence-corrected chi connectivity index (χ2v) is 5.44. The molecule has 1 aromatic carbocycles. The average Bonchev–Trinajstić information content (AvgIpc) is 2.80. The zero-order chi connectivity index (χ0) is 16.6. The van der Waals surface area contributed by atoms with Crippen molar-refractivity contribution in [2.24, 2.45) is 4.99 Å². The van der Waals surface area contributed by atoms with Crippen molar-refractivity contribution in [2.45, 2.75) is 25.8 Å². The summed E-state index contributed by atoms with van der Waals surface area (Å²) in [6.07, 6.45) is 4.14. The molecule has 0 aliphatic carbocycles. The van der Waals surface area contributed by atoms with Crippen molar-refractivity contribution in [1.82, 2.24) is 9.88 Å². The number of benzene rings is 1. The molecule has 118 valence electrons. The standard InChI is InChI=1S/C17H18N4O2/c1-3-11-12-9-10(18)5-6-13(12)21(16(11)19-4-2)14-7-8-15(22)20-17(14)23/h3-6,9,14H,1,7-8,18H2,2H3,(H,20,22,23)/b19-4-. The van der Waals surface area contributed by atoms with Crippen molar-refractivity contribution in [1.29, 1.82) is 0 Å². The molecule has 0 bridgehead atoms. The summed E-state index contributed by atoms with van der Waals surface area (Å²) in [7, 11) is 0. The lowest BCUT2D eigenvalue weighted by molar-refractivity contribution is -0.135. The van der Waals surface area contributed by atoms with Crippen LogP contribution in [0.3, 0.4) is 0 Å². The van der Waals surface area contributed by atoms with Gasteiger partial charge in [-0.25, -0.2) is 4.99 Å². The molecule has 3 rings (SSSR count). The van der Waals surface area contributed by atoms with E-state index < -0.39 is 6.04 Å². The van der Waals surface area contributed by atoms with Crippen LogP contribution in [0.15, 0.2) is 29.8 Å². The van der Waals surface area contributed by atoms with Gasteiger partial charge < -0.3 is 10.3 Å². The Balaban J connectivity index is 2.30. The highest BCUT2D eigenvalue weighted by molar-refractivity contribution is 6.03. The summed E-state index contributed by atoms with van der Waals surface area (Å²) in [6.45, 7) is 5.67. The van der Waals surface area contributed by atoms with E-state index >= 15 is 0 Å². The maximum absolute atomic E-state index is 12.3. The van der Waals surface area contributed by atoms with Gasteiger partial charge in [0, 0.05) is 29.3 Å². The number of rotatable bonds is 3. The van der Waals surface area contributed by atoms with Gasteiger partial charge in [-0.3, -0.25) is 14.9 Å². The fourth-order valence-corrected chi connectivity index (χ4v) is 3.04. The van der Waals surface area contributed by atoms with Crippen molar-refractivity contribution in [3.63, 3.8) is 0 Å². The number of aliphatic imine (C=N–C) groups is 1. The van der Waals surface area contributed by atoms with E-state index in [1.807, 2.05) is 23.6 Å². The maximum Gasteiger partial charge on any atom is 0.249 e. The first-order chi connectivity index (χ1) is 11.1. The fourth-order valence-electron chi connectivity index (χ4n) is 3.04. The third-order valence-corrected chi connectivity index (χ3v) is 4.02. The van der Waals surface area contributed by atoms with Crippen molar-refractivity contribution < 1.29 is 9.59 Å². The number of fused-ring (bicyclic) bond motifs is 1. The third-order valence-electron chi connectivity index (χ3n) is 4.02. The summed E-state index contributed by atoms with van der Waals surface area (Å²) in [5, 5.41) is 3.29. The smallest absolute Gasteiger partial charge is 0.249 e.